The van der Waals surface area contributed by atoms with Crippen molar-refractivity contribution in [3.05, 3.63) is 41.5 Å². The van der Waals surface area contributed by atoms with Crippen LogP contribution in [0.25, 0.3) is 11.1 Å². The van der Waals surface area contributed by atoms with Crippen molar-refractivity contribution in [1.29, 1.82) is 0 Å². The molecule has 0 amide bonds. The lowest BCUT2D eigenvalue weighted by Crippen LogP contribution is -2.27. The van der Waals surface area contributed by atoms with Crippen LogP contribution in [-0.2, 0) is 0 Å². The Morgan fingerprint density at radius 1 is 1.00 bits per heavy atom. The number of aryl methyl sites for hydroxylation is 1. The van der Waals surface area contributed by atoms with Gasteiger partial charge in [0.05, 0.1) is 19.9 Å². The van der Waals surface area contributed by atoms with Gasteiger partial charge in [-0.05, 0) is 59.4 Å². The molecular weight excluding hydrogens is 300 g/mol. The van der Waals surface area contributed by atoms with Gasteiger partial charge in [0.2, 0.25) is 0 Å². The summed E-state index contributed by atoms with van der Waals surface area (Å²) in [5.74, 6) is 3.05. The first-order chi connectivity index (χ1) is 11.7. The van der Waals surface area contributed by atoms with E-state index in [1.165, 1.54) is 22.3 Å². The maximum absolute atomic E-state index is 5.70. The molecule has 0 spiro atoms. The first-order valence-electron chi connectivity index (χ1n) is 8.52. The van der Waals surface area contributed by atoms with Gasteiger partial charge in [-0.25, -0.2) is 0 Å². The Morgan fingerprint density at radius 2 is 1.88 bits per heavy atom. The third-order valence-electron chi connectivity index (χ3n) is 5.38. The van der Waals surface area contributed by atoms with Crippen LogP contribution in [0.4, 0.5) is 5.69 Å². The van der Waals surface area contributed by atoms with E-state index in [9.17, 15) is 0 Å². The number of rotatable bonds is 3. The van der Waals surface area contributed by atoms with Crippen molar-refractivity contribution in [2.45, 2.75) is 12.8 Å². The lowest BCUT2D eigenvalue weighted by atomic mass is 9.82. The number of hydrogen-bond donors (Lipinski definition) is 2. The maximum atomic E-state index is 5.70. The van der Waals surface area contributed by atoms with E-state index in [0.717, 1.165) is 36.8 Å². The summed E-state index contributed by atoms with van der Waals surface area (Å²) in [5, 5.41) is 7.11. The van der Waals surface area contributed by atoms with Gasteiger partial charge in [0.25, 0.3) is 0 Å². The summed E-state index contributed by atoms with van der Waals surface area (Å²) in [4.78, 5) is 0. The lowest BCUT2D eigenvalue weighted by Gasteiger charge is -2.30. The standard InChI is InChI=1S/C20H24N2O2/c1-12-6-15(23-2)4-5-16(12)13-7-17-18-11-21-9-14(18)10-22-20(17)19(8-13)24-3/h4-8,14,18,21-22H,9-11H2,1-3H3/t14-,18-/m0/s1. The molecule has 2 atom stereocenters. The molecule has 126 valence electrons. The first-order valence-corrected chi connectivity index (χ1v) is 8.52. The Bertz CT molecular complexity index is 772. The van der Waals surface area contributed by atoms with Gasteiger partial charge in [0.1, 0.15) is 11.5 Å². The molecule has 4 rings (SSSR count). The van der Waals surface area contributed by atoms with Crippen molar-refractivity contribution in [2.24, 2.45) is 5.92 Å². The molecule has 24 heavy (non-hydrogen) atoms. The number of anilines is 1. The number of benzene rings is 2. The summed E-state index contributed by atoms with van der Waals surface area (Å²) in [5.41, 5.74) is 6.18. The Kier molecular flexibility index (Phi) is 3.85. The second-order valence-corrected chi connectivity index (χ2v) is 6.73. The molecule has 2 heterocycles. The number of ether oxygens (including phenoxy) is 2. The second kappa shape index (κ2) is 6.02. The summed E-state index contributed by atoms with van der Waals surface area (Å²) < 4.78 is 11.0. The number of methoxy groups -OCH3 is 2. The van der Waals surface area contributed by atoms with Gasteiger partial charge < -0.3 is 20.1 Å². The molecule has 2 aromatic rings. The largest absolute Gasteiger partial charge is 0.497 e. The lowest BCUT2D eigenvalue weighted by molar-refractivity contribution is 0.412. The smallest absolute Gasteiger partial charge is 0.142 e. The van der Waals surface area contributed by atoms with Crippen LogP contribution in [-0.4, -0.2) is 33.9 Å². The Hall–Kier alpha value is -2.20. The average molecular weight is 324 g/mol. The summed E-state index contributed by atoms with van der Waals surface area (Å²) in [6.45, 7) is 5.28. The highest BCUT2D eigenvalue weighted by molar-refractivity contribution is 5.77. The van der Waals surface area contributed by atoms with Crippen LogP contribution in [0.2, 0.25) is 0 Å². The molecule has 2 N–H and O–H groups in total. The van der Waals surface area contributed by atoms with E-state index in [1.54, 1.807) is 14.2 Å². The molecule has 0 radical (unpaired) electrons. The third-order valence-corrected chi connectivity index (χ3v) is 5.38. The molecular formula is C20H24N2O2. The Labute approximate surface area is 143 Å². The molecule has 2 aliphatic rings. The summed E-state index contributed by atoms with van der Waals surface area (Å²) in [6, 6.07) is 10.7. The number of fused-ring (bicyclic) bond motifs is 3. The number of nitrogens with one attached hydrogen (secondary N) is 2. The quantitative estimate of drug-likeness (QED) is 0.908. The molecule has 0 aliphatic carbocycles. The van der Waals surface area contributed by atoms with E-state index < -0.39 is 0 Å². The highest BCUT2D eigenvalue weighted by atomic mass is 16.5. The molecule has 2 aromatic carbocycles. The fourth-order valence-electron chi connectivity index (χ4n) is 4.07. The van der Waals surface area contributed by atoms with Gasteiger partial charge >= 0.3 is 0 Å². The topological polar surface area (TPSA) is 42.5 Å². The molecule has 2 aliphatic heterocycles. The van der Waals surface area contributed by atoms with Crippen molar-refractivity contribution in [1.82, 2.24) is 5.32 Å². The number of hydrogen-bond acceptors (Lipinski definition) is 4. The van der Waals surface area contributed by atoms with Crippen molar-refractivity contribution in [3.63, 3.8) is 0 Å². The van der Waals surface area contributed by atoms with Gasteiger partial charge in [-0.15, -0.1) is 0 Å². The van der Waals surface area contributed by atoms with Crippen molar-refractivity contribution in [3.8, 4) is 22.6 Å². The minimum Gasteiger partial charge on any atom is -0.497 e. The second-order valence-electron chi connectivity index (χ2n) is 6.73. The highest BCUT2D eigenvalue weighted by Crippen LogP contribution is 2.45. The zero-order chi connectivity index (χ0) is 16.7. The van der Waals surface area contributed by atoms with Crippen molar-refractivity contribution < 1.29 is 9.47 Å². The van der Waals surface area contributed by atoms with Gasteiger partial charge in [-0.3, -0.25) is 0 Å². The molecule has 4 nitrogen and oxygen atoms in total. The van der Waals surface area contributed by atoms with Crippen molar-refractivity contribution in [2.75, 3.05) is 39.2 Å². The minimum atomic E-state index is 0.564. The fourth-order valence-corrected chi connectivity index (χ4v) is 4.07. The normalized spacial score (nSPS) is 21.6. The van der Waals surface area contributed by atoms with E-state index in [-0.39, 0.29) is 0 Å². The third kappa shape index (κ3) is 2.42. The van der Waals surface area contributed by atoms with Crippen LogP contribution in [0.5, 0.6) is 11.5 Å². The van der Waals surface area contributed by atoms with E-state index in [1.807, 2.05) is 6.07 Å². The minimum absolute atomic E-state index is 0.564. The molecule has 1 fully saturated rings. The fraction of sp³-hybridized carbons (Fsp3) is 0.400. The van der Waals surface area contributed by atoms with E-state index in [4.69, 9.17) is 9.47 Å². The average Bonchev–Trinajstić information content (AvgIpc) is 3.09. The van der Waals surface area contributed by atoms with Crippen molar-refractivity contribution >= 4 is 5.69 Å². The molecule has 0 saturated carbocycles. The van der Waals surface area contributed by atoms with Gasteiger partial charge in [0.15, 0.2) is 0 Å². The monoisotopic (exact) mass is 324 g/mol. The van der Waals surface area contributed by atoms with Gasteiger partial charge in [0, 0.05) is 25.6 Å². The Balaban J connectivity index is 1.84. The van der Waals surface area contributed by atoms with Gasteiger partial charge in [-0.1, -0.05) is 6.07 Å². The van der Waals surface area contributed by atoms with E-state index >= 15 is 0 Å². The SMILES string of the molecule is COc1ccc(-c2cc(OC)c3c(c2)[C@H]2CNC[C@H]2CN3)c(C)c1. The zero-order valence-corrected chi connectivity index (χ0v) is 14.5. The van der Waals surface area contributed by atoms with Crippen LogP contribution in [0.15, 0.2) is 30.3 Å². The first kappa shape index (κ1) is 15.3. The molecule has 0 aromatic heterocycles. The van der Waals surface area contributed by atoms with E-state index in [0.29, 0.717) is 11.8 Å². The van der Waals surface area contributed by atoms with E-state index in [2.05, 4.69) is 41.8 Å². The molecule has 1 saturated heterocycles. The molecule has 0 bridgehead atoms. The zero-order valence-electron chi connectivity index (χ0n) is 14.5. The van der Waals surface area contributed by atoms with Gasteiger partial charge in [-0.2, -0.15) is 0 Å². The Morgan fingerprint density at radius 3 is 2.62 bits per heavy atom. The summed E-state index contributed by atoms with van der Waals surface area (Å²) in [6.07, 6.45) is 0. The van der Waals surface area contributed by atoms with Crippen LogP contribution in [0, 0.1) is 12.8 Å². The summed E-state index contributed by atoms with van der Waals surface area (Å²) in [7, 11) is 3.45. The predicted molar refractivity (Wildman–Crippen MR) is 97.3 cm³/mol. The summed E-state index contributed by atoms with van der Waals surface area (Å²) >= 11 is 0. The molecule has 0 unspecified atom stereocenters. The predicted octanol–water partition coefficient (Wildman–Crippen LogP) is 3.41. The van der Waals surface area contributed by atoms with Crippen LogP contribution < -0.4 is 20.1 Å². The maximum Gasteiger partial charge on any atom is 0.142 e. The van der Waals surface area contributed by atoms with Crippen LogP contribution >= 0.6 is 0 Å². The van der Waals surface area contributed by atoms with Crippen LogP contribution in [0.1, 0.15) is 17.0 Å². The molecule has 4 heteroatoms. The van der Waals surface area contributed by atoms with Crippen LogP contribution in [0.3, 0.4) is 0 Å². The highest BCUT2D eigenvalue weighted by Gasteiger charge is 2.35.